The maximum absolute atomic E-state index is 8.77. The molecule has 0 fully saturated rings. The number of hydrogen-bond acceptors (Lipinski definition) is 3. The summed E-state index contributed by atoms with van der Waals surface area (Å²) in [6.07, 6.45) is 1.56. The van der Waals surface area contributed by atoms with Gasteiger partial charge in [-0.1, -0.05) is 18.2 Å². The molecule has 0 saturated carbocycles. The molecule has 0 radical (unpaired) electrons. The molecule has 0 aliphatic carbocycles. The summed E-state index contributed by atoms with van der Waals surface area (Å²) >= 11 is 0. The van der Waals surface area contributed by atoms with Crippen molar-refractivity contribution in [1.29, 1.82) is 0 Å². The van der Waals surface area contributed by atoms with E-state index in [2.05, 4.69) is 5.32 Å². The second-order valence-corrected chi connectivity index (χ2v) is 3.32. The van der Waals surface area contributed by atoms with Crippen molar-refractivity contribution in [2.75, 3.05) is 18.5 Å². The lowest BCUT2D eigenvalue weighted by atomic mass is 10.2. The Morgan fingerprint density at radius 1 is 1.33 bits per heavy atom. The van der Waals surface area contributed by atoms with E-state index in [0.29, 0.717) is 6.61 Å². The van der Waals surface area contributed by atoms with Gasteiger partial charge in [-0.15, -0.1) is 0 Å². The smallest absolute Gasteiger partial charge is 0.127 e. The molecule has 0 bridgehead atoms. The van der Waals surface area contributed by atoms with Crippen LogP contribution in [0.15, 0.2) is 30.3 Å². The number of ether oxygens (including phenoxy) is 1. The number of benzene rings is 1. The maximum Gasteiger partial charge on any atom is 0.127 e. The van der Waals surface area contributed by atoms with E-state index in [1.165, 1.54) is 0 Å². The Hall–Kier alpha value is -1.06. The van der Waals surface area contributed by atoms with E-state index in [4.69, 9.17) is 9.84 Å². The van der Waals surface area contributed by atoms with Crippen LogP contribution in [0.2, 0.25) is 0 Å². The molecule has 0 unspecified atom stereocenters. The zero-order valence-corrected chi connectivity index (χ0v) is 9.15. The zero-order valence-electron chi connectivity index (χ0n) is 9.15. The summed E-state index contributed by atoms with van der Waals surface area (Å²) in [5.41, 5.74) is 1.05. The van der Waals surface area contributed by atoms with Gasteiger partial charge in [0.2, 0.25) is 0 Å². The highest BCUT2D eigenvalue weighted by Crippen LogP contribution is 2.10. The molecule has 0 heterocycles. The van der Waals surface area contributed by atoms with Crippen LogP contribution in [0.3, 0.4) is 0 Å². The van der Waals surface area contributed by atoms with Crippen molar-refractivity contribution in [2.24, 2.45) is 0 Å². The van der Waals surface area contributed by atoms with Gasteiger partial charge in [0.15, 0.2) is 0 Å². The Balaban J connectivity index is 2.43. The summed E-state index contributed by atoms with van der Waals surface area (Å²) in [5.74, 6) is 0. The third-order valence-corrected chi connectivity index (χ3v) is 2.09. The van der Waals surface area contributed by atoms with Crippen molar-refractivity contribution in [3.05, 3.63) is 30.3 Å². The molecule has 1 rings (SSSR count). The normalized spacial score (nSPS) is 12.4. The van der Waals surface area contributed by atoms with Gasteiger partial charge in [0, 0.05) is 18.9 Å². The summed E-state index contributed by atoms with van der Waals surface area (Å²) in [7, 11) is 0. The lowest BCUT2D eigenvalue weighted by molar-refractivity contribution is 0.0711. The zero-order chi connectivity index (χ0) is 10.9. The van der Waals surface area contributed by atoms with Crippen molar-refractivity contribution >= 4 is 5.69 Å². The van der Waals surface area contributed by atoms with Crippen LogP contribution in [0.4, 0.5) is 5.69 Å². The van der Waals surface area contributed by atoms with Gasteiger partial charge >= 0.3 is 0 Å². The van der Waals surface area contributed by atoms with E-state index in [1.54, 1.807) is 0 Å². The number of para-hydroxylation sites is 1. The van der Waals surface area contributed by atoms with Crippen molar-refractivity contribution in [1.82, 2.24) is 0 Å². The van der Waals surface area contributed by atoms with Gasteiger partial charge in [-0.2, -0.15) is 0 Å². The van der Waals surface area contributed by atoms with Gasteiger partial charge in [0.05, 0.1) is 0 Å². The number of aliphatic hydroxyl groups is 1. The average Bonchev–Trinajstić information content (AvgIpc) is 2.28. The number of nitrogens with one attached hydrogen (secondary N) is 1. The monoisotopic (exact) mass is 209 g/mol. The topological polar surface area (TPSA) is 41.5 Å². The van der Waals surface area contributed by atoms with Crippen LogP contribution in [0.5, 0.6) is 0 Å². The predicted octanol–water partition coefficient (Wildman–Crippen LogP) is 2.23. The molecule has 2 N–H and O–H groups in total. The molecule has 0 aliphatic heterocycles. The molecule has 3 heteroatoms. The first-order valence-electron chi connectivity index (χ1n) is 5.41. The highest BCUT2D eigenvalue weighted by Gasteiger charge is 2.06. The fourth-order valence-electron chi connectivity index (χ4n) is 1.40. The summed E-state index contributed by atoms with van der Waals surface area (Å²) < 4.78 is 5.53. The van der Waals surface area contributed by atoms with E-state index in [1.807, 2.05) is 37.3 Å². The molecular formula is C12H19NO2. The Labute approximate surface area is 91.1 Å². The maximum atomic E-state index is 8.77. The largest absolute Gasteiger partial charge is 0.396 e. The second kappa shape index (κ2) is 7.26. The molecular weight excluding hydrogens is 190 g/mol. The van der Waals surface area contributed by atoms with Crippen molar-refractivity contribution in [3.8, 4) is 0 Å². The molecule has 0 aromatic heterocycles. The van der Waals surface area contributed by atoms with Crippen LogP contribution in [0.25, 0.3) is 0 Å². The molecule has 0 saturated heterocycles. The SMILES string of the molecule is CCO[C@@H](CCCO)Nc1ccccc1. The summed E-state index contributed by atoms with van der Waals surface area (Å²) in [5, 5.41) is 12.0. The van der Waals surface area contributed by atoms with Gasteiger partial charge in [-0.05, 0) is 31.9 Å². The van der Waals surface area contributed by atoms with Crippen molar-refractivity contribution < 1.29 is 9.84 Å². The Kier molecular flexibility index (Phi) is 5.81. The van der Waals surface area contributed by atoms with Gasteiger partial charge < -0.3 is 15.2 Å². The van der Waals surface area contributed by atoms with Gasteiger partial charge in [-0.25, -0.2) is 0 Å². The lowest BCUT2D eigenvalue weighted by Gasteiger charge is -2.19. The summed E-state index contributed by atoms with van der Waals surface area (Å²) in [4.78, 5) is 0. The quantitative estimate of drug-likeness (QED) is 0.677. The van der Waals surface area contributed by atoms with Crippen LogP contribution >= 0.6 is 0 Å². The standard InChI is InChI=1S/C12H19NO2/c1-2-15-12(9-6-10-14)13-11-7-4-3-5-8-11/h3-5,7-8,12-14H,2,6,9-10H2,1H3/t12-/m0/s1. The van der Waals surface area contributed by atoms with E-state index in [9.17, 15) is 0 Å². The predicted molar refractivity (Wildman–Crippen MR) is 61.8 cm³/mol. The Morgan fingerprint density at radius 2 is 2.07 bits per heavy atom. The minimum Gasteiger partial charge on any atom is -0.396 e. The molecule has 0 amide bonds. The Bertz CT molecular complexity index is 251. The fourth-order valence-corrected chi connectivity index (χ4v) is 1.40. The molecule has 15 heavy (non-hydrogen) atoms. The van der Waals surface area contributed by atoms with Crippen LogP contribution in [-0.2, 0) is 4.74 Å². The summed E-state index contributed by atoms with van der Waals surface area (Å²) in [6, 6.07) is 9.96. The second-order valence-electron chi connectivity index (χ2n) is 3.32. The molecule has 1 aromatic rings. The highest BCUT2D eigenvalue weighted by atomic mass is 16.5. The van der Waals surface area contributed by atoms with Gasteiger partial charge in [0.25, 0.3) is 0 Å². The molecule has 3 nitrogen and oxygen atoms in total. The highest BCUT2D eigenvalue weighted by molar-refractivity contribution is 5.42. The van der Waals surface area contributed by atoms with Crippen LogP contribution in [0, 0.1) is 0 Å². The first-order chi connectivity index (χ1) is 7.36. The fraction of sp³-hybridized carbons (Fsp3) is 0.500. The van der Waals surface area contributed by atoms with Crippen LogP contribution in [-0.4, -0.2) is 24.5 Å². The average molecular weight is 209 g/mol. The van der Waals surface area contributed by atoms with Crippen molar-refractivity contribution in [2.45, 2.75) is 26.0 Å². The minimum absolute atomic E-state index is 0.00968. The Morgan fingerprint density at radius 3 is 2.67 bits per heavy atom. The van der Waals surface area contributed by atoms with Gasteiger partial charge in [0.1, 0.15) is 6.23 Å². The molecule has 1 aromatic carbocycles. The van der Waals surface area contributed by atoms with E-state index in [-0.39, 0.29) is 12.8 Å². The van der Waals surface area contributed by atoms with E-state index < -0.39 is 0 Å². The molecule has 0 aliphatic rings. The number of rotatable bonds is 7. The van der Waals surface area contributed by atoms with Crippen LogP contribution in [0.1, 0.15) is 19.8 Å². The van der Waals surface area contributed by atoms with E-state index >= 15 is 0 Å². The van der Waals surface area contributed by atoms with Crippen molar-refractivity contribution in [3.63, 3.8) is 0 Å². The first kappa shape index (κ1) is 12.0. The lowest BCUT2D eigenvalue weighted by Crippen LogP contribution is -2.23. The van der Waals surface area contributed by atoms with Gasteiger partial charge in [-0.3, -0.25) is 0 Å². The number of anilines is 1. The summed E-state index contributed by atoms with van der Waals surface area (Å²) in [6.45, 7) is 2.86. The molecule has 84 valence electrons. The third kappa shape index (κ3) is 4.81. The molecule has 1 atom stereocenters. The third-order valence-electron chi connectivity index (χ3n) is 2.09. The number of hydrogen-bond donors (Lipinski definition) is 2. The van der Waals surface area contributed by atoms with Crippen LogP contribution < -0.4 is 5.32 Å². The first-order valence-corrected chi connectivity index (χ1v) is 5.41. The minimum atomic E-state index is -0.00968. The molecule has 0 spiro atoms. The van der Waals surface area contributed by atoms with E-state index in [0.717, 1.165) is 18.5 Å². The number of aliphatic hydroxyl groups excluding tert-OH is 1.